The number of hydrogen-bond acceptors (Lipinski definition) is 7. The molecule has 1 aliphatic rings. The minimum Gasteiger partial charge on any atom is -0.491 e. The minimum atomic E-state index is -0.939. The van der Waals surface area contributed by atoms with Crippen molar-refractivity contribution in [2.75, 3.05) is 26.8 Å². The van der Waals surface area contributed by atoms with Gasteiger partial charge in [-0.25, -0.2) is 9.18 Å². The van der Waals surface area contributed by atoms with Crippen molar-refractivity contribution in [3.8, 4) is 11.8 Å². The van der Waals surface area contributed by atoms with Gasteiger partial charge in [0.05, 0.1) is 24.8 Å². The van der Waals surface area contributed by atoms with Crippen LogP contribution < -0.4 is 15.4 Å². The zero-order chi connectivity index (χ0) is 33.0. The lowest BCUT2D eigenvalue weighted by atomic mass is 9.81. The zero-order valence-electron chi connectivity index (χ0n) is 26.2. The number of morpholine rings is 1. The van der Waals surface area contributed by atoms with E-state index in [9.17, 15) is 14.0 Å². The largest absolute Gasteiger partial charge is 0.491 e. The second-order valence-corrected chi connectivity index (χ2v) is 11.5. The Labute approximate surface area is 274 Å². The van der Waals surface area contributed by atoms with Gasteiger partial charge in [0.25, 0.3) is 0 Å². The number of Topliss-reactive ketones (excluding diaryl/α,β-unsaturated/α-hetero) is 1. The average molecular weight is 636 g/mol. The Bertz CT molecular complexity index is 1640. The molecule has 5 rings (SSSR count). The van der Waals surface area contributed by atoms with E-state index in [0.717, 1.165) is 11.1 Å². The van der Waals surface area contributed by atoms with Crippen LogP contribution in [0.15, 0.2) is 103 Å². The summed E-state index contributed by atoms with van der Waals surface area (Å²) >= 11 is 0. The molecule has 8 nitrogen and oxygen atoms in total. The molecule has 0 aromatic heterocycles. The van der Waals surface area contributed by atoms with Crippen LogP contribution in [0.1, 0.15) is 40.2 Å². The van der Waals surface area contributed by atoms with Crippen LogP contribution in [0.3, 0.4) is 0 Å². The Balaban J connectivity index is 1.29. The van der Waals surface area contributed by atoms with Crippen molar-refractivity contribution in [1.29, 1.82) is 5.26 Å². The molecule has 0 bridgehead atoms. The first-order chi connectivity index (χ1) is 22.9. The highest BCUT2D eigenvalue weighted by atomic mass is 19.1. The third kappa shape index (κ3) is 9.26. The number of amides is 1. The summed E-state index contributed by atoms with van der Waals surface area (Å²) in [5.74, 6) is -0.489. The first-order valence-corrected chi connectivity index (χ1v) is 15.7. The van der Waals surface area contributed by atoms with E-state index in [2.05, 4.69) is 16.7 Å². The fraction of sp³-hybridized carbons (Fsp3) is 0.289. The van der Waals surface area contributed by atoms with E-state index in [0.29, 0.717) is 55.0 Å². The highest BCUT2D eigenvalue weighted by Gasteiger charge is 2.33. The molecule has 3 atom stereocenters. The molecular formula is C38H38FN3O5. The molecule has 0 aliphatic carbocycles. The van der Waals surface area contributed by atoms with Gasteiger partial charge in [0.2, 0.25) is 0 Å². The van der Waals surface area contributed by atoms with Crippen molar-refractivity contribution in [1.82, 2.24) is 10.6 Å². The molecular weight excluding hydrogens is 597 g/mol. The molecule has 0 saturated carbocycles. The van der Waals surface area contributed by atoms with Crippen LogP contribution in [-0.4, -0.2) is 56.9 Å². The second-order valence-electron chi connectivity index (χ2n) is 11.5. The Morgan fingerprint density at radius 1 is 0.936 bits per heavy atom. The summed E-state index contributed by atoms with van der Waals surface area (Å²) in [7, 11) is 1.26. The molecule has 2 N–H and O–H groups in total. The zero-order valence-corrected chi connectivity index (χ0v) is 26.2. The number of nitrogens with one attached hydrogen (secondary N) is 2. The first-order valence-electron chi connectivity index (χ1n) is 15.7. The fourth-order valence-electron chi connectivity index (χ4n) is 5.93. The van der Waals surface area contributed by atoms with Crippen LogP contribution in [0.25, 0.3) is 0 Å². The number of carbonyl (C=O) groups is 2. The topological polar surface area (TPSA) is 110 Å². The van der Waals surface area contributed by atoms with Gasteiger partial charge in [0.1, 0.15) is 30.3 Å². The van der Waals surface area contributed by atoms with Gasteiger partial charge in [-0.15, -0.1) is 0 Å². The standard InChI is InChI=1S/C38H38FN3O5/c1-45-38(44)42-37(36(27-10-4-2-5-11-27)28-12-6-3-7-13-28)35(43)21-30-15-17-31(39)20-29(30)16-18-33-23-41-24-34(47-33)25-46-32-14-8-9-26(19-32)22-40/h2-15,17,19-20,33-34,36-37,41H,16,18,21,23-25H2,1H3,(H,42,44)/t33-,34+,37-/m1/s1. The van der Waals surface area contributed by atoms with Crippen LogP contribution >= 0.6 is 0 Å². The molecule has 4 aromatic carbocycles. The Morgan fingerprint density at radius 3 is 2.32 bits per heavy atom. The Hall–Kier alpha value is -5.04. The predicted molar refractivity (Wildman–Crippen MR) is 176 cm³/mol. The molecule has 0 spiro atoms. The lowest BCUT2D eigenvalue weighted by molar-refractivity contribution is -0.120. The maximum absolute atomic E-state index is 14.5. The van der Waals surface area contributed by atoms with Gasteiger partial charge >= 0.3 is 6.09 Å². The first kappa shape index (κ1) is 33.3. The van der Waals surface area contributed by atoms with Gasteiger partial charge in [-0.3, -0.25) is 4.79 Å². The van der Waals surface area contributed by atoms with Crippen molar-refractivity contribution in [2.24, 2.45) is 0 Å². The van der Waals surface area contributed by atoms with Gasteiger partial charge < -0.3 is 24.8 Å². The summed E-state index contributed by atoms with van der Waals surface area (Å²) in [6.07, 6.45) is 0.00861. The van der Waals surface area contributed by atoms with Gasteiger partial charge in [-0.1, -0.05) is 72.8 Å². The van der Waals surface area contributed by atoms with Crippen LogP contribution in [-0.2, 0) is 27.1 Å². The Morgan fingerprint density at radius 2 is 1.64 bits per heavy atom. The summed E-state index contributed by atoms with van der Waals surface area (Å²) in [6.45, 7) is 1.56. The number of rotatable bonds is 13. The number of methoxy groups -OCH3 is 1. The summed E-state index contributed by atoms with van der Waals surface area (Å²) in [6, 6.07) is 31.7. The SMILES string of the molecule is COC(=O)N[C@H](C(=O)Cc1ccc(F)cc1CC[C@@H]1CNC[C@@H](COc2cccc(C#N)c2)O1)C(c1ccccc1)c1ccccc1. The third-order valence-corrected chi connectivity index (χ3v) is 8.25. The number of aryl methyl sites for hydroxylation is 1. The van der Waals surface area contributed by atoms with Crippen molar-refractivity contribution >= 4 is 11.9 Å². The number of ether oxygens (including phenoxy) is 3. The molecule has 9 heteroatoms. The molecule has 47 heavy (non-hydrogen) atoms. The molecule has 4 aromatic rings. The number of ketones is 1. The highest BCUT2D eigenvalue weighted by Crippen LogP contribution is 2.30. The number of hydrogen-bond donors (Lipinski definition) is 2. The predicted octanol–water partition coefficient (Wildman–Crippen LogP) is 5.73. The van der Waals surface area contributed by atoms with Crippen LogP contribution in [0.4, 0.5) is 9.18 Å². The lowest BCUT2D eigenvalue weighted by Gasteiger charge is -2.31. The third-order valence-electron chi connectivity index (χ3n) is 8.25. The molecule has 0 unspecified atom stereocenters. The average Bonchev–Trinajstić information content (AvgIpc) is 3.11. The van der Waals surface area contributed by atoms with E-state index in [4.69, 9.17) is 19.5 Å². The molecule has 242 valence electrons. The number of nitriles is 1. The van der Waals surface area contributed by atoms with Crippen LogP contribution in [0.5, 0.6) is 5.75 Å². The summed E-state index contributed by atoms with van der Waals surface area (Å²) < 4.78 is 31.6. The van der Waals surface area contributed by atoms with E-state index in [1.807, 2.05) is 60.7 Å². The number of benzene rings is 4. The fourth-order valence-corrected chi connectivity index (χ4v) is 5.93. The second kappa shape index (κ2) is 16.5. The van der Waals surface area contributed by atoms with E-state index >= 15 is 0 Å². The number of carbonyl (C=O) groups excluding carboxylic acids is 2. The van der Waals surface area contributed by atoms with E-state index in [-0.39, 0.29) is 30.2 Å². The molecule has 1 fully saturated rings. The van der Waals surface area contributed by atoms with E-state index in [1.54, 1.807) is 30.3 Å². The van der Waals surface area contributed by atoms with Crippen molar-refractivity contribution in [3.05, 3.63) is 137 Å². The number of halogens is 1. The molecule has 1 aliphatic heterocycles. The molecule has 1 heterocycles. The lowest BCUT2D eigenvalue weighted by Crippen LogP contribution is -2.47. The van der Waals surface area contributed by atoms with Crippen LogP contribution in [0, 0.1) is 17.1 Å². The number of nitrogens with zero attached hydrogens (tertiary/aromatic N) is 1. The number of alkyl carbamates (subject to hydrolysis) is 1. The summed E-state index contributed by atoms with van der Waals surface area (Å²) in [4.78, 5) is 26.7. The maximum atomic E-state index is 14.5. The highest BCUT2D eigenvalue weighted by molar-refractivity contribution is 5.91. The van der Waals surface area contributed by atoms with Gasteiger partial charge in [-0.05, 0) is 65.4 Å². The molecule has 1 amide bonds. The quantitative estimate of drug-likeness (QED) is 0.193. The monoisotopic (exact) mass is 635 g/mol. The van der Waals surface area contributed by atoms with Crippen molar-refractivity contribution < 1.29 is 28.2 Å². The van der Waals surface area contributed by atoms with E-state index in [1.165, 1.54) is 19.2 Å². The van der Waals surface area contributed by atoms with E-state index < -0.39 is 18.1 Å². The van der Waals surface area contributed by atoms with Gasteiger partial charge in [0, 0.05) is 25.4 Å². The maximum Gasteiger partial charge on any atom is 0.407 e. The smallest absolute Gasteiger partial charge is 0.407 e. The Kier molecular flexibility index (Phi) is 11.7. The van der Waals surface area contributed by atoms with Gasteiger partial charge in [-0.2, -0.15) is 5.26 Å². The summed E-state index contributed by atoms with van der Waals surface area (Å²) in [5.41, 5.74) is 3.66. The van der Waals surface area contributed by atoms with Crippen LogP contribution in [0.2, 0.25) is 0 Å². The van der Waals surface area contributed by atoms with Gasteiger partial charge in [0.15, 0.2) is 5.78 Å². The molecule has 0 radical (unpaired) electrons. The normalized spacial score (nSPS) is 16.6. The molecule has 1 saturated heterocycles. The summed E-state index contributed by atoms with van der Waals surface area (Å²) in [5, 5.41) is 15.3. The van der Waals surface area contributed by atoms with Crippen molar-refractivity contribution in [3.63, 3.8) is 0 Å². The minimum absolute atomic E-state index is 0.0115. The van der Waals surface area contributed by atoms with Crippen molar-refractivity contribution in [2.45, 2.75) is 43.4 Å².